The van der Waals surface area contributed by atoms with Crippen LogP contribution in [0, 0.1) is 0 Å². The molecule has 0 aliphatic carbocycles. The van der Waals surface area contributed by atoms with Crippen LogP contribution in [0.5, 0.6) is 0 Å². The van der Waals surface area contributed by atoms with Crippen molar-refractivity contribution in [1.29, 1.82) is 0 Å². The lowest BCUT2D eigenvalue weighted by atomic mass is 10.1. The van der Waals surface area contributed by atoms with Crippen molar-refractivity contribution in [3.63, 3.8) is 0 Å². The Morgan fingerprint density at radius 3 is 2.39 bits per heavy atom. The molecule has 31 heavy (non-hydrogen) atoms. The van der Waals surface area contributed by atoms with Crippen molar-refractivity contribution < 1.29 is 4.74 Å². The van der Waals surface area contributed by atoms with E-state index in [-0.39, 0.29) is 0 Å². The highest BCUT2D eigenvalue weighted by molar-refractivity contribution is 7.80. The Balaban J connectivity index is 1.59. The van der Waals surface area contributed by atoms with E-state index in [4.69, 9.17) is 28.6 Å². The van der Waals surface area contributed by atoms with Crippen molar-refractivity contribution in [1.82, 2.24) is 9.80 Å². The predicted octanol–water partition coefficient (Wildman–Crippen LogP) is 5.60. The summed E-state index contributed by atoms with van der Waals surface area (Å²) in [6.07, 6.45) is 4.63. The fraction of sp³-hybridized carbons (Fsp3) is 0.480. The summed E-state index contributed by atoms with van der Waals surface area (Å²) in [5, 5.41) is 4.96. The van der Waals surface area contributed by atoms with Gasteiger partial charge in [0.05, 0.1) is 13.2 Å². The molecule has 4 nitrogen and oxygen atoms in total. The third-order valence-electron chi connectivity index (χ3n) is 5.60. The molecule has 168 valence electrons. The second-order valence-electron chi connectivity index (χ2n) is 8.09. The number of morpholine rings is 1. The van der Waals surface area contributed by atoms with Crippen LogP contribution < -0.4 is 5.32 Å². The lowest BCUT2D eigenvalue weighted by Crippen LogP contribution is -2.40. The summed E-state index contributed by atoms with van der Waals surface area (Å²) in [7, 11) is 0. The zero-order valence-corrected chi connectivity index (χ0v) is 20.1. The maximum Gasteiger partial charge on any atom is 0.173 e. The van der Waals surface area contributed by atoms with Crippen molar-refractivity contribution >= 4 is 34.6 Å². The van der Waals surface area contributed by atoms with Gasteiger partial charge in [0.1, 0.15) is 0 Å². The number of anilines is 1. The molecule has 0 bridgehead atoms. The molecule has 2 aromatic rings. The fourth-order valence-electron chi connectivity index (χ4n) is 3.71. The number of nitrogens with zero attached hydrogens (tertiary/aromatic N) is 2. The van der Waals surface area contributed by atoms with Crippen molar-refractivity contribution in [2.24, 2.45) is 0 Å². The Bertz CT molecular complexity index is 791. The number of halogens is 1. The number of hydrogen-bond acceptors (Lipinski definition) is 3. The van der Waals surface area contributed by atoms with Crippen molar-refractivity contribution in [3.8, 4) is 0 Å². The van der Waals surface area contributed by atoms with Gasteiger partial charge in [-0.2, -0.15) is 0 Å². The van der Waals surface area contributed by atoms with Crippen LogP contribution in [-0.2, 0) is 17.7 Å². The molecule has 0 radical (unpaired) electrons. The highest BCUT2D eigenvalue weighted by Crippen LogP contribution is 2.16. The van der Waals surface area contributed by atoms with Gasteiger partial charge in [0.2, 0.25) is 0 Å². The average molecular weight is 460 g/mol. The Kier molecular flexibility index (Phi) is 10.1. The van der Waals surface area contributed by atoms with Crippen LogP contribution in [0.15, 0.2) is 48.5 Å². The fourth-order valence-corrected chi connectivity index (χ4v) is 4.11. The van der Waals surface area contributed by atoms with Crippen LogP contribution in [0.2, 0.25) is 5.02 Å². The van der Waals surface area contributed by atoms with E-state index in [9.17, 15) is 0 Å². The van der Waals surface area contributed by atoms with Crippen LogP contribution in [-0.4, -0.2) is 54.3 Å². The number of nitrogens with one attached hydrogen (secondary N) is 1. The molecule has 1 aliphatic rings. The van der Waals surface area contributed by atoms with Crippen LogP contribution in [0.1, 0.15) is 37.3 Å². The van der Waals surface area contributed by atoms with Gasteiger partial charge in [-0.05, 0) is 66.9 Å². The van der Waals surface area contributed by atoms with Gasteiger partial charge < -0.3 is 15.0 Å². The van der Waals surface area contributed by atoms with Gasteiger partial charge in [-0.15, -0.1) is 0 Å². The monoisotopic (exact) mass is 459 g/mol. The van der Waals surface area contributed by atoms with Crippen molar-refractivity contribution in [3.05, 3.63) is 64.7 Å². The predicted molar refractivity (Wildman–Crippen MR) is 135 cm³/mol. The topological polar surface area (TPSA) is 27.7 Å². The number of aryl methyl sites for hydroxylation is 1. The molecule has 1 saturated heterocycles. The molecule has 0 saturated carbocycles. The molecule has 6 heteroatoms. The first-order chi connectivity index (χ1) is 15.1. The Morgan fingerprint density at radius 1 is 1.03 bits per heavy atom. The molecule has 0 amide bonds. The third-order valence-corrected chi connectivity index (χ3v) is 6.22. The van der Waals surface area contributed by atoms with Gasteiger partial charge in [0.15, 0.2) is 5.11 Å². The van der Waals surface area contributed by atoms with Gasteiger partial charge in [-0.25, -0.2) is 0 Å². The number of benzene rings is 2. The molecule has 2 aromatic carbocycles. The highest BCUT2D eigenvalue weighted by Gasteiger charge is 2.14. The zero-order valence-electron chi connectivity index (χ0n) is 18.5. The molecule has 0 aromatic heterocycles. The first-order valence-corrected chi connectivity index (χ1v) is 12.1. The van der Waals surface area contributed by atoms with Gasteiger partial charge in [0.25, 0.3) is 0 Å². The highest BCUT2D eigenvalue weighted by atomic mass is 35.5. The molecule has 3 rings (SSSR count). The summed E-state index contributed by atoms with van der Waals surface area (Å²) >= 11 is 11.9. The normalized spacial score (nSPS) is 14.4. The van der Waals surface area contributed by atoms with E-state index in [1.54, 1.807) is 0 Å². The molecular weight excluding hydrogens is 426 g/mol. The number of ether oxygens (including phenoxy) is 1. The first-order valence-electron chi connectivity index (χ1n) is 11.3. The summed E-state index contributed by atoms with van der Waals surface area (Å²) in [6, 6.07) is 16.7. The number of unbranched alkanes of at least 4 members (excludes halogenated alkanes) is 1. The minimum absolute atomic E-state index is 0.756. The van der Waals surface area contributed by atoms with E-state index < -0.39 is 0 Å². The quantitative estimate of drug-likeness (QED) is 0.466. The minimum atomic E-state index is 0.756. The second-order valence-corrected chi connectivity index (χ2v) is 8.91. The van der Waals surface area contributed by atoms with Gasteiger partial charge in [0, 0.05) is 43.4 Å². The van der Waals surface area contributed by atoms with E-state index in [0.29, 0.717) is 0 Å². The molecule has 0 spiro atoms. The van der Waals surface area contributed by atoms with E-state index in [1.165, 1.54) is 24.0 Å². The van der Waals surface area contributed by atoms with E-state index >= 15 is 0 Å². The molecule has 1 fully saturated rings. The Labute approximate surface area is 197 Å². The number of hydrogen-bond donors (Lipinski definition) is 1. The van der Waals surface area contributed by atoms with Crippen LogP contribution >= 0.6 is 23.8 Å². The van der Waals surface area contributed by atoms with Gasteiger partial charge in [-0.3, -0.25) is 4.90 Å². The lowest BCUT2D eigenvalue weighted by Gasteiger charge is -2.29. The third kappa shape index (κ3) is 8.41. The molecule has 1 aliphatic heterocycles. The largest absolute Gasteiger partial charge is 0.379 e. The summed E-state index contributed by atoms with van der Waals surface area (Å²) in [5.74, 6) is 0. The molecule has 1 heterocycles. The standard InChI is InChI=1S/C25H34ClN3OS/c1-2-3-5-21-8-12-24(13-9-21)27-25(31)29(20-22-6-10-23(26)11-7-22)15-4-14-28-16-18-30-19-17-28/h6-13H,2-5,14-20H2,1H3,(H,27,31). The van der Waals surface area contributed by atoms with E-state index in [2.05, 4.69) is 58.4 Å². The average Bonchev–Trinajstić information content (AvgIpc) is 2.80. The molecule has 1 N–H and O–H groups in total. The van der Waals surface area contributed by atoms with E-state index in [1.807, 2.05) is 12.1 Å². The van der Waals surface area contributed by atoms with E-state index in [0.717, 1.165) is 74.6 Å². The molecule has 0 atom stereocenters. The summed E-state index contributed by atoms with van der Waals surface area (Å²) in [5.41, 5.74) is 3.62. The van der Waals surface area contributed by atoms with Crippen LogP contribution in [0.4, 0.5) is 5.69 Å². The number of rotatable bonds is 10. The first kappa shape index (κ1) is 24.0. The van der Waals surface area contributed by atoms with Crippen molar-refractivity contribution in [2.75, 3.05) is 44.7 Å². The molecular formula is C25H34ClN3OS. The van der Waals surface area contributed by atoms with Gasteiger partial charge in [-0.1, -0.05) is 49.2 Å². The van der Waals surface area contributed by atoms with Crippen LogP contribution in [0.3, 0.4) is 0 Å². The van der Waals surface area contributed by atoms with Crippen molar-refractivity contribution in [2.45, 2.75) is 39.2 Å². The molecule has 0 unspecified atom stereocenters. The maximum atomic E-state index is 6.06. The summed E-state index contributed by atoms with van der Waals surface area (Å²) in [6.45, 7) is 8.67. The Hall–Kier alpha value is -1.66. The Morgan fingerprint density at radius 2 is 1.71 bits per heavy atom. The maximum absolute atomic E-state index is 6.06. The zero-order chi connectivity index (χ0) is 21.9. The smallest absolute Gasteiger partial charge is 0.173 e. The minimum Gasteiger partial charge on any atom is -0.379 e. The lowest BCUT2D eigenvalue weighted by molar-refractivity contribution is 0.0368. The summed E-state index contributed by atoms with van der Waals surface area (Å²) < 4.78 is 5.46. The SMILES string of the molecule is CCCCc1ccc(NC(=S)N(CCCN2CCOCC2)Cc2ccc(Cl)cc2)cc1. The van der Waals surface area contributed by atoms with Crippen LogP contribution in [0.25, 0.3) is 0 Å². The van der Waals surface area contributed by atoms with Gasteiger partial charge >= 0.3 is 0 Å². The number of thiocarbonyl (C=S) groups is 1. The second kappa shape index (κ2) is 13.0. The summed E-state index contributed by atoms with van der Waals surface area (Å²) in [4.78, 5) is 4.72.